The number of alkyl halides is 3. The van der Waals surface area contributed by atoms with E-state index in [4.69, 9.17) is 17.3 Å². The summed E-state index contributed by atoms with van der Waals surface area (Å²) in [5.74, 6) is -0.908. The third kappa shape index (κ3) is 2.41. The molecule has 1 rings (SSSR count). The number of rotatable bonds is 1. The number of carbonyl (C=O) groups is 1. The van der Waals surface area contributed by atoms with Crippen LogP contribution < -0.4 is 5.73 Å². The predicted octanol–water partition coefficient (Wildman–Crippen LogP) is 2.77. The van der Waals surface area contributed by atoms with Crippen LogP contribution in [0.15, 0.2) is 12.1 Å². The highest BCUT2D eigenvalue weighted by Crippen LogP contribution is 2.36. The Morgan fingerprint density at radius 3 is 2.33 bits per heavy atom. The minimum Gasteiger partial charge on any atom is -0.366 e. The molecule has 0 aliphatic heterocycles. The van der Waals surface area contributed by atoms with E-state index in [1.807, 2.05) is 0 Å². The molecule has 2 N–H and O–H groups in total. The van der Waals surface area contributed by atoms with Crippen molar-refractivity contribution in [3.63, 3.8) is 0 Å². The summed E-state index contributed by atoms with van der Waals surface area (Å²) in [4.78, 5) is 10.8. The number of hydrogen-bond donors (Lipinski definition) is 1. The van der Waals surface area contributed by atoms with E-state index in [0.29, 0.717) is 11.6 Å². The van der Waals surface area contributed by atoms with Crippen LogP contribution in [0, 0.1) is 6.92 Å². The summed E-state index contributed by atoms with van der Waals surface area (Å²) in [6, 6.07) is 1.74. The van der Waals surface area contributed by atoms with Gasteiger partial charge in [-0.15, -0.1) is 0 Å². The number of carbonyl (C=O) groups excluding carboxylic acids is 1. The van der Waals surface area contributed by atoms with Crippen molar-refractivity contribution in [2.24, 2.45) is 5.73 Å². The van der Waals surface area contributed by atoms with Crippen molar-refractivity contribution in [1.29, 1.82) is 0 Å². The maximum Gasteiger partial charge on any atom is 0.417 e. The number of nitrogens with two attached hydrogens (primary N) is 1. The molecule has 0 atom stereocenters. The number of hydrogen-bond acceptors (Lipinski definition) is 1. The van der Waals surface area contributed by atoms with Crippen LogP contribution in [-0.4, -0.2) is 5.91 Å². The molecule has 0 aromatic heterocycles. The van der Waals surface area contributed by atoms with Crippen LogP contribution in [0.4, 0.5) is 13.2 Å². The molecule has 0 bridgehead atoms. The van der Waals surface area contributed by atoms with Gasteiger partial charge in [-0.2, -0.15) is 13.2 Å². The molecular weight excluding hydrogens is 231 g/mol. The van der Waals surface area contributed by atoms with Gasteiger partial charge in [0.25, 0.3) is 0 Å². The van der Waals surface area contributed by atoms with Crippen molar-refractivity contribution in [2.75, 3.05) is 0 Å². The largest absolute Gasteiger partial charge is 0.417 e. The van der Waals surface area contributed by atoms with Gasteiger partial charge in [-0.25, -0.2) is 0 Å². The highest BCUT2D eigenvalue weighted by atomic mass is 35.5. The zero-order valence-corrected chi connectivity index (χ0v) is 8.41. The molecule has 1 amide bonds. The highest BCUT2D eigenvalue weighted by Gasteiger charge is 2.34. The van der Waals surface area contributed by atoms with Crippen molar-refractivity contribution in [1.82, 2.24) is 0 Å². The Morgan fingerprint density at radius 1 is 1.40 bits per heavy atom. The van der Waals surface area contributed by atoms with E-state index in [9.17, 15) is 18.0 Å². The van der Waals surface area contributed by atoms with E-state index in [1.165, 1.54) is 6.92 Å². The van der Waals surface area contributed by atoms with Crippen molar-refractivity contribution in [3.05, 3.63) is 33.8 Å². The smallest absolute Gasteiger partial charge is 0.366 e. The van der Waals surface area contributed by atoms with E-state index in [2.05, 4.69) is 0 Å². The molecule has 1 aromatic carbocycles. The van der Waals surface area contributed by atoms with Crippen molar-refractivity contribution >= 4 is 17.5 Å². The second-order valence-corrected chi connectivity index (χ2v) is 3.42. The Bertz CT molecular complexity index is 415. The summed E-state index contributed by atoms with van der Waals surface area (Å²) in [6.07, 6.45) is -4.59. The molecule has 0 unspecified atom stereocenters. The van der Waals surface area contributed by atoms with Gasteiger partial charge in [0.2, 0.25) is 5.91 Å². The number of benzene rings is 1. The average Bonchev–Trinajstić information content (AvgIpc) is 2.00. The Balaban J connectivity index is 3.43. The quantitative estimate of drug-likeness (QED) is 0.802. The average molecular weight is 238 g/mol. The second-order valence-electron chi connectivity index (χ2n) is 3.01. The summed E-state index contributed by atoms with van der Waals surface area (Å²) in [7, 11) is 0. The first-order valence-corrected chi connectivity index (χ1v) is 4.28. The van der Waals surface area contributed by atoms with Gasteiger partial charge in [-0.05, 0) is 24.6 Å². The zero-order valence-electron chi connectivity index (χ0n) is 7.65. The standard InChI is InChI=1S/C9H7ClF3NO/c1-4-2-7(10)6(9(11,12)13)3-5(4)8(14)15/h2-3H,1H3,(H2,14,15). The van der Waals surface area contributed by atoms with Gasteiger partial charge in [0.15, 0.2) is 0 Å². The third-order valence-corrected chi connectivity index (χ3v) is 2.20. The van der Waals surface area contributed by atoms with E-state index in [1.54, 1.807) is 0 Å². The van der Waals surface area contributed by atoms with Gasteiger partial charge >= 0.3 is 6.18 Å². The number of halogens is 4. The van der Waals surface area contributed by atoms with Crippen molar-refractivity contribution in [2.45, 2.75) is 13.1 Å². The van der Waals surface area contributed by atoms with Gasteiger partial charge in [0.05, 0.1) is 10.6 Å². The third-order valence-electron chi connectivity index (χ3n) is 1.88. The summed E-state index contributed by atoms with van der Waals surface area (Å²) in [5.41, 5.74) is 4.02. The summed E-state index contributed by atoms with van der Waals surface area (Å²) in [6.45, 7) is 1.46. The lowest BCUT2D eigenvalue weighted by atomic mass is 10.0. The molecule has 2 nitrogen and oxygen atoms in total. The number of primary amides is 1. The van der Waals surface area contributed by atoms with E-state index < -0.39 is 22.7 Å². The van der Waals surface area contributed by atoms with Crippen LogP contribution in [0.1, 0.15) is 21.5 Å². The summed E-state index contributed by atoms with van der Waals surface area (Å²) in [5, 5.41) is -0.440. The molecule has 82 valence electrons. The molecule has 0 spiro atoms. The minimum atomic E-state index is -4.59. The van der Waals surface area contributed by atoms with E-state index in [0.717, 1.165) is 6.07 Å². The van der Waals surface area contributed by atoms with Crippen LogP contribution in [0.2, 0.25) is 5.02 Å². The van der Waals surface area contributed by atoms with Crippen LogP contribution in [0.3, 0.4) is 0 Å². The molecule has 6 heteroatoms. The Labute approximate surface area is 88.8 Å². The second kappa shape index (κ2) is 3.73. The predicted molar refractivity (Wildman–Crippen MR) is 49.7 cm³/mol. The van der Waals surface area contributed by atoms with E-state index >= 15 is 0 Å². The van der Waals surface area contributed by atoms with Gasteiger partial charge in [-0.1, -0.05) is 11.6 Å². The van der Waals surface area contributed by atoms with E-state index in [-0.39, 0.29) is 5.56 Å². The molecule has 0 aliphatic carbocycles. The van der Waals surface area contributed by atoms with Crippen molar-refractivity contribution in [3.8, 4) is 0 Å². The molecule has 0 saturated heterocycles. The van der Waals surface area contributed by atoms with Crippen LogP contribution in [0.5, 0.6) is 0 Å². The van der Waals surface area contributed by atoms with Gasteiger partial charge in [0, 0.05) is 5.56 Å². The van der Waals surface area contributed by atoms with Crippen LogP contribution >= 0.6 is 11.6 Å². The number of amides is 1. The molecule has 0 radical (unpaired) electrons. The minimum absolute atomic E-state index is 0.174. The van der Waals surface area contributed by atoms with Gasteiger partial charge < -0.3 is 5.73 Å². The lowest BCUT2D eigenvalue weighted by molar-refractivity contribution is -0.137. The van der Waals surface area contributed by atoms with Crippen molar-refractivity contribution < 1.29 is 18.0 Å². The first-order valence-electron chi connectivity index (χ1n) is 3.90. The Hall–Kier alpha value is -1.23. The zero-order chi connectivity index (χ0) is 11.8. The fraction of sp³-hybridized carbons (Fsp3) is 0.222. The van der Waals surface area contributed by atoms with Gasteiger partial charge in [-0.3, -0.25) is 4.79 Å². The maximum atomic E-state index is 12.4. The molecule has 15 heavy (non-hydrogen) atoms. The molecule has 1 aromatic rings. The lowest BCUT2D eigenvalue weighted by Gasteiger charge is -2.11. The van der Waals surface area contributed by atoms with Gasteiger partial charge in [0.1, 0.15) is 0 Å². The fourth-order valence-corrected chi connectivity index (χ4v) is 1.48. The number of aryl methyl sites for hydroxylation is 1. The summed E-state index contributed by atoms with van der Waals surface area (Å²) < 4.78 is 37.2. The molecule has 0 aliphatic rings. The molecule has 0 heterocycles. The SMILES string of the molecule is Cc1cc(Cl)c(C(F)(F)F)cc1C(N)=O. The Morgan fingerprint density at radius 2 is 1.93 bits per heavy atom. The first-order chi connectivity index (χ1) is 6.73. The fourth-order valence-electron chi connectivity index (χ4n) is 1.16. The van der Waals surface area contributed by atoms with Crippen LogP contribution in [0.25, 0.3) is 0 Å². The Kier molecular flexibility index (Phi) is 2.95. The molecule has 0 fully saturated rings. The topological polar surface area (TPSA) is 43.1 Å². The lowest BCUT2D eigenvalue weighted by Crippen LogP contribution is -2.15. The highest BCUT2D eigenvalue weighted by molar-refractivity contribution is 6.31. The van der Waals surface area contributed by atoms with Crippen LogP contribution in [-0.2, 0) is 6.18 Å². The molecule has 0 saturated carbocycles. The monoisotopic (exact) mass is 237 g/mol. The normalized spacial score (nSPS) is 11.5. The summed E-state index contributed by atoms with van der Waals surface area (Å²) >= 11 is 5.42. The first kappa shape index (κ1) is 11.8. The maximum absolute atomic E-state index is 12.4. The molecular formula is C9H7ClF3NO.